The van der Waals surface area contributed by atoms with Crippen molar-refractivity contribution in [1.82, 2.24) is 5.32 Å². The second kappa shape index (κ2) is 4.73. The van der Waals surface area contributed by atoms with Crippen LogP contribution in [0.5, 0.6) is 0 Å². The number of hydrogen-bond donors (Lipinski definition) is 2. The van der Waals surface area contributed by atoms with Crippen molar-refractivity contribution in [3.05, 3.63) is 70.8 Å². The maximum atomic E-state index is 6.33. The lowest BCUT2D eigenvalue weighted by atomic mass is 9.70. The molecule has 0 fully saturated rings. The van der Waals surface area contributed by atoms with Gasteiger partial charge in [0.1, 0.15) is 0 Å². The third-order valence-electron chi connectivity index (χ3n) is 6.39. The molecule has 0 aromatic heterocycles. The zero-order valence-corrected chi connectivity index (χ0v) is 15.0. The molecule has 0 radical (unpaired) electrons. The molecule has 0 saturated heterocycles. The van der Waals surface area contributed by atoms with Crippen LogP contribution in [0.2, 0.25) is 0 Å². The molecular formula is C22H26N2. The molecule has 124 valence electrons. The smallest absolute Gasteiger partial charge is 0.0790 e. The summed E-state index contributed by atoms with van der Waals surface area (Å²) in [6, 6.07) is 13.3. The van der Waals surface area contributed by atoms with Crippen LogP contribution >= 0.6 is 0 Å². The Morgan fingerprint density at radius 1 is 1.17 bits per heavy atom. The molecule has 4 rings (SSSR count). The molecule has 3 N–H and O–H groups in total. The van der Waals surface area contributed by atoms with E-state index in [4.69, 9.17) is 5.73 Å². The van der Waals surface area contributed by atoms with Gasteiger partial charge in [0.15, 0.2) is 0 Å². The first kappa shape index (κ1) is 15.5. The molecular weight excluding hydrogens is 292 g/mol. The fourth-order valence-corrected chi connectivity index (χ4v) is 5.20. The molecule has 2 heteroatoms. The van der Waals surface area contributed by atoms with Crippen molar-refractivity contribution in [3.63, 3.8) is 0 Å². The fourth-order valence-electron chi connectivity index (χ4n) is 5.20. The Labute approximate surface area is 144 Å². The van der Waals surface area contributed by atoms with Crippen molar-refractivity contribution in [3.8, 4) is 0 Å². The van der Waals surface area contributed by atoms with Crippen molar-refractivity contribution in [2.24, 2.45) is 0 Å². The number of anilines is 1. The Morgan fingerprint density at radius 2 is 1.92 bits per heavy atom. The lowest BCUT2D eigenvalue weighted by molar-refractivity contribution is 0.305. The first-order valence-electron chi connectivity index (χ1n) is 8.77. The first-order valence-corrected chi connectivity index (χ1v) is 8.77. The number of likely N-dealkylation sites (N-methyl/N-ethyl adjacent to an activating group) is 1. The van der Waals surface area contributed by atoms with Gasteiger partial charge < -0.3 is 11.1 Å². The van der Waals surface area contributed by atoms with Crippen LogP contribution in [0.4, 0.5) is 5.69 Å². The van der Waals surface area contributed by atoms with Crippen molar-refractivity contribution < 1.29 is 0 Å². The van der Waals surface area contributed by atoms with Gasteiger partial charge in [-0.1, -0.05) is 57.7 Å². The fraction of sp³-hybridized carbons (Fsp3) is 0.364. The molecule has 0 amide bonds. The zero-order chi connectivity index (χ0) is 17.3. The van der Waals surface area contributed by atoms with Crippen molar-refractivity contribution in [2.75, 3.05) is 12.8 Å². The third kappa shape index (κ3) is 1.55. The normalized spacial score (nSPS) is 27.3. The van der Waals surface area contributed by atoms with E-state index in [0.29, 0.717) is 5.92 Å². The lowest BCUT2D eigenvalue weighted by Crippen LogP contribution is -2.50. The van der Waals surface area contributed by atoms with E-state index in [-0.39, 0.29) is 11.0 Å². The predicted octanol–water partition coefficient (Wildman–Crippen LogP) is 4.35. The molecule has 2 unspecified atom stereocenters. The van der Waals surface area contributed by atoms with Crippen molar-refractivity contribution in [1.29, 1.82) is 0 Å². The average molecular weight is 318 g/mol. The molecule has 2 atom stereocenters. The number of nitrogen functional groups attached to an aromatic ring is 1. The molecule has 0 aliphatic heterocycles. The monoisotopic (exact) mass is 318 g/mol. The topological polar surface area (TPSA) is 38.0 Å². The maximum absolute atomic E-state index is 6.33. The van der Waals surface area contributed by atoms with Crippen LogP contribution < -0.4 is 11.1 Å². The molecule has 0 heterocycles. The third-order valence-corrected chi connectivity index (χ3v) is 6.39. The van der Waals surface area contributed by atoms with E-state index < -0.39 is 0 Å². The van der Waals surface area contributed by atoms with Crippen molar-refractivity contribution in [2.45, 2.75) is 44.1 Å². The summed E-state index contributed by atoms with van der Waals surface area (Å²) in [6.07, 6.45) is 1.01. The molecule has 2 aliphatic rings. The van der Waals surface area contributed by atoms with Crippen LogP contribution in [0.3, 0.4) is 0 Å². The van der Waals surface area contributed by atoms with Gasteiger partial charge in [0, 0.05) is 16.7 Å². The van der Waals surface area contributed by atoms with Crippen molar-refractivity contribution >= 4 is 11.3 Å². The highest BCUT2D eigenvalue weighted by molar-refractivity contribution is 5.91. The van der Waals surface area contributed by atoms with Gasteiger partial charge in [-0.15, -0.1) is 0 Å². The molecule has 2 aromatic rings. The highest BCUT2D eigenvalue weighted by Gasteiger charge is 2.62. The lowest BCUT2D eigenvalue weighted by Gasteiger charge is -2.40. The minimum atomic E-state index is -0.268. The molecule has 0 saturated carbocycles. The van der Waals surface area contributed by atoms with E-state index in [1.165, 1.54) is 22.3 Å². The summed E-state index contributed by atoms with van der Waals surface area (Å²) < 4.78 is 0. The Balaban J connectivity index is 2.01. The van der Waals surface area contributed by atoms with Gasteiger partial charge in [-0.05, 0) is 53.3 Å². The highest BCUT2D eigenvalue weighted by Crippen LogP contribution is 2.64. The molecule has 0 bridgehead atoms. The molecule has 2 nitrogen and oxygen atoms in total. The maximum Gasteiger partial charge on any atom is 0.0790 e. The van der Waals surface area contributed by atoms with Crippen LogP contribution in [0, 0.1) is 0 Å². The SMILES string of the molecule is C=C1c2c(N)cccc2C2(C)Cc3cc(C(C)C)ccc3C12NC. The van der Waals surface area contributed by atoms with E-state index >= 15 is 0 Å². The largest absolute Gasteiger partial charge is 0.398 e. The second-order valence-electron chi connectivity index (χ2n) is 7.83. The Hall–Kier alpha value is -2.06. The van der Waals surface area contributed by atoms with E-state index in [1.807, 2.05) is 6.07 Å². The molecule has 0 spiro atoms. The molecule has 2 aromatic carbocycles. The first-order chi connectivity index (χ1) is 11.4. The summed E-state index contributed by atoms with van der Waals surface area (Å²) in [7, 11) is 2.05. The Bertz CT molecular complexity index is 864. The summed E-state index contributed by atoms with van der Waals surface area (Å²) in [5, 5.41) is 3.65. The van der Waals surface area contributed by atoms with E-state index in [0.717, 1.165) is 23.2 Å². The number of fused-ring (bicyclic) bond motifs is 5. The average Bonchev–Trinajstić information content (AvgIpc) is 2.92. The Morgan fingerprint density at radius 3 is 2.58 bits per heavy atom. The van der Waals surface area contributed by atoms with Crippen LogP contribution in [-0.2, 0) is 17.4 Å². The van der Waals surface area contributed by atoms with Gasteiger partial charge in [0.25, 0.3) is 0 Å². The minimum Gasteiger partial charge on any atom is -0.398 e. The Kier molecular flexibility index (Phi) is 3.05. The van der Waals surface area contributed by atoms with Gasteiger partial charge in [-0.3, -0.25) is 0 Å². The van der Waals surface area contributed by atoms with Gasteiger partial charge >= 0.3 is 0 Å². The number of hydrogen-bond acceptors (Lipinski definition) is 2. The van der Waals surface area contributed by atoms with Gasteiger partial charge in [-0.2, -0.15) is 0 Å². The molecule has 24 heavy (non-hydrogen) atoms. The summed E-state index contributed by atoms with van der Waals surface area (Å²) in [5.74, 6) is 0.542. The molecule has 2 aliphatic carbocycles. The summed E-state index contributed by atoms with van der Waals surface area (Å²) in [4.78, 5) is 0. The van der Waals surface area contributed by atoms with Gasteiger partial charge in [-0.25, -0.2) is 0 Å². The summed E-state index contributed by atoms with van der Waals surface area (Å²) in [6.45, 7) is 11.4. The predicted molar refractivity (Wildman–Crippen MR) is 102 cm³/mol. The second-order valence-corrected chi connectivity index (χ2v) is 7.83. The highest BCUT2D eigenvalue weighted by atomic mass is 15.0. The van der Waals surface area contributed by atoms with Gasteiger partial charge in [0.2, 0.25) is 0 Å². The standard InChI is InChI=1S/C22H26N2/c1-13(2)15-9-10-17-16(11-15)12-21(4)18-7-6-8-19(23)20(18)14(3)22(17,21)24-5/h6-11,13,24H,3,12,23H2,1-2,4-5H3. The summed E-state index contributed by atoms with van der Waals surface area (Å²) >= 11 is 0. The van der Waals surface area contributed by atoms with Gasteiger partial charge in [0.05, 0.1) is 5.54 Å². The zero-order valence-electron chi connectivity index (χ0n) is 15.0. The number of benzene rings is 2. The number of nitrogens with two attached hydrogens (primary N) is 1. The van der Waals surface area contributed by atoms with Crippen LogP contribution in [0.15, 0.2) is 43.0 Å². The summed E-state index contributed by atoms with van der Waals surface area (Å²) in [5.41, 5.74) is 14.6. The number of rotatable bonds is 2. The number of nitrogens with one attached hydrogen (secondary N) is 1. The van der Waals surface area contributed by atoms with Crippen LogP contribution in [0.1, 0.15) is 54.5 Å². The minimum absolute atomic E-state index is 0.0541. The van der Waals surface area contributed by atoms with Crippen LogP contribution in [0.25, 0.3) is 5.57 Å². The van der Waals surface area contributed by atoms with E-state index in [9.17, 15) is 0 Å². The van der Waals surface area contributed by atoms with E-state index in [2.05, 4.69) is 70.0 Å². The van der Waals surface area contributed by atoms with E-state index in [1.54, 1.807) is 0 Å². The van der Waals surface area contributed by atoms with Crippen LogP contribution in [-0.4, -0.2) is 7.05 Å². The quantitative estimate of drug-likeness (QED) is 0.808.